The maximum Gasteiger partial charge on any atom is 0.223 e. The minimum atomic E-state index is -0.451. The molecule has 0 aromatic heterocycles. The third-order valence-electron chi connectivity index (χ3n) is 4.10. The van der Waals surface area contributed by atoms with Gasteiger partial charge in [0, 0.05) is 5.92 Å². The van der Waals surface area contributed by atoms with Crippen molar-refractivity contribution in [2.45, 2.75) is 32.2 Å². The molecule has 3 atom stereocenters. The van der Waals surface area contributed by atoms with Gasteiger partial charge in [0.1, 0.15) is 5.82 Å². The van der Waals surface area contributed by atoms with Gasteiger partial charge in [-0.1, -0.05) is 24.1 Å². The molecular formula is C15H20ClFN2O. The molecule has 1 fully saturated rings. The van der Waals surface area contributed by atoms with E-state index in [2.05, 4.69) is 5.32 Å². The fraction of sp³-hybridized carbons (Fsp3) is 0.533. The van der Waals surface area contributed by atoms with Gasteiger partial charge in [0.2, 0.25) is 5.91 Å². The molecule has 1 aliphatic carbocycles. The van der Waals surface area contributed by atoms with Crippen molar-refractivity contribution in [1.29, 1.82) is 0 Å². The molecule has 0 bridgehead atoms. The average Bonchev–Trinajstić information content (AvgIpc) is 2.90. The minimum Gasteiger partial charge on any atom is -0.349 e. The largest absolute Gasteiger partial charge is 0.349 e. The van der Waals surface area contributed by atoms with Gasteiger partial charge in [0.25, 0.3) is 0 Å². The van der Waals surface area contributed by atoms with Crippen molar-refractivity contribution in [3.05, 3.63) is 34.6 Å². The molecule has 0 radical (unpaired) electrons. The fourth-order valence-electron chi connectivity index (χ4n) is 2.85. The number of hydrogen-bond donors (Lipinski definition) is 2. The summed E-state index contributed by atoms with van der Waals surface area (Å²) in [6.07, 6.45) is 2.96. The Morgan fingerprint density at radius 3 is 2.95 bits per heavy atom. The predicted octanol–water partition coefficient (Wildman–Crippen LogP) is 3.03. The fourth-order valence-corrected chi connectivity index (χ4v) is 3.04. The molecule has 1 amide bonds. The number of hydrogen-bond acceptors (Lipinski definition) is 2. The van der Waals surface area contributed by atoms with Crippen LogP contribution in [0.1, 0.15) is 37.8 Å². The summed E-state index contributed by atoms with van der Waals surface area (Å²) in [4.78, 5) is 12.3. The second kappa shape index (κ2) is 6.55. The van der Waals surface area contributed by atoms with Crippen LogP contribution in [0.15, 0.2) is 18.2 Å². The maximum atomic E-state index is 13.1. The SMILES string of the molecule is CC(NC(=O)[C@@H]1CCC[C@@H]1CN)c1ccc(F)c(Cl)c1. The minimum absolute atomic E-state index is 0.00151. The lowest BCUT2D eigenvalue weighted by Gasteiger charge is -2.21. The lowest BCUT2D eigenvalue weighted by atomic mass is 9.94. The third-order valence-corrected chi connectivity index (χ3v) is 4.39. The summed E-state index contributed by atoms with van der Waals surface area (Å²) in [5.41, 5.74) is 6.50. The van der Waals surface area contributed by atoms with Crippen molar-refractivity contribution in [3.8, 4) is 0 Å². The molecule has 0 spiro atoms. The van der Waals surface area contributed by atoms with Gasteiger partial charge in [-0.3, -0.25) is 4.79 Å². The molecule has 1 unspecified atom stereocenters. The van der Waals surface area contributed by atoms with Gasteiger partial charge >= 0.3 is 0 Å². The Hall–Kier alpha value is -1.13. The number of carbonyl (C=O) groups excluding carboxylic acids is 1. The number of amides is 1. The Balaban J connectivity index is 2.01. The summed E-state index contributed by atoms with van der Waals surface area (Å²) in [5, 5.41) is 3.05. The molecule has 0 heterocycles. The smallest absolute Gasteiger partial charge is 0.223 e. The second-order valence-corrected chi connectivity index (χ2v) is 5.84. The molecule has 0 saturated heterocycles. The number of halogens is 2. The first-order valence-corrected chi connectivity index (χ1v) is 7.36. The van der Waals surface area contributed by atoms with Gasteiger partial charge in [-0.25, -0.2) is 4.39 Å². The molecular weight excluding hydrogens is 279 g/mol. The maximum absolute atomic E-state index is 13.1. The highest BCUT2D eigenvalue weighted by Crippen LogP contribution is 2.31. The molecule has 1 aliphatic rings. The first-order chi connectivity index (χ1) is 9.52. The molecule has 1 aromatic carbocycles. The zero-order valence-corrected chi connectivity index (χ0v) is 12.3. The molecule has 3 N–H and O–H groups in total. The first kappa shape index (κ1) is 15.3. The number of carbonyl (C=O) groups is 1. The van der Waals surface area contributed by atoms with Crippen molar-refractivity contribution in [2.24, 2.45) is 17.6 Å². The van der Waals surface area contributed by atoms with Gasteiger partial charge in [0.05, 0.1) is 11.1 Å². The average molecular weight is 299 g/mol. The van der Waals surface area contributed by atoms with E-state index in [0.717, 1.165) is 24.8 Å². The number of rotatable bonds is 4. The van der Waals surface area contributed by atoms with Gasteiger partial charge in [-0.2, -0.15) is 0 Å². The van der Waals surface area contributed by atoms with Crippen LogP contribution < -0.4 is 11.1 Å². The third kappa shape index (κ3) is 3.30. The molecule has 1 aromatic rings. The molecule has 3 nitrogen and oxygen atoms in total. The topological polar surface area (TPSA) is 55.1 Å². The van der Waals surface area contributed by atoms with Crippen LogP contribution in [0.4, 0.5) is 4.39 Å². The van der Waals surface area contributed by atoms with Gasteiger partial charge in [-0.15, -0.1) is 0 Å². The molecule has 110 valence electrons. The highest BCUT2D eigenvalue weighted by Gasteiger charge is 2.32. The standard InChI is InChI=1S/C15H20ClFN2O/c1-9(10-5-6-14(17)13(16)7-10)19-15(20)12-4-2-3-11(12)8-18/h5-7,9,11-12H,2-4,8,18H2,1H3,(H,19,20)/t9?,11-,12-/m1/s1. The van der Waals surface area contributed by atoms with E-state index in [1.54, 1.807) is 12.1 Å². The predicted molar refractivity (Wildman–Crippen MR) is 77.9 cm³/mol. The zero-order chi connectivity index (χ0) is 14.7. The van der Waals surface area contributed by atoms with Crippen LogP contribution in [-0.4, -0.2) is 12.5 Å². The Kier molecular flexibility index (Phi) is 5.00. The van der Waals surface area contributed by atoms with Crippen molar-refractivity contribution >= 4 is 17.5 Å². The molecule has 2 rings (SSSR count). The van der Waals surface area contributed by atoms with E-state index in [4.69, 9.17) is 17.3 Å². The van der Waals surface area contributed by atoms with Gasteiger partial charge in [-0.05, 0) is 49.9 Å². The van der Waals surface area contributed by atoms with Crippen molar-refractivity contribution in [1.82, 2.24) is 5.32 Å². The summed E-state index contributed by atoms with van der Waals surface area (Å²) in [6, 6.07) is 4.32. The normalized spacial score (nSPS) is 23.6. The van der Waals surface area contributed by atoms with E-state index >= 15 is 0 Å². The Morgan fingerprint density at radius 2 is 2.30 bits per heavy atom. The summed E-state index contributed by atoms with van der Waals surface area (Å²) >= 11 is 5.76. The molecule has 20 heavy (non-hydrogen) atoms. The van der Waals surface area contributed by atoms with Crippen molar-refractivity contribution in [3.63, 3.8) is 0 Å². The van der Waals surface area contributed by atoms with E-state index in [0.29, 0.717) is 6.54 Å². The summed E-state index contributed by atoms with van der Waals surface area (Å²) < 4.78 is 13.1. The van der Waals surface area contributed by atoms with Crippen LogP contribution in [0, 0.1) is 17.7 Å². The lowest BCUT2D eigenvalue weighted by molar-refractivity contribution is -0.126. The van der Waals surface area contributed by atoms with Crippen LogP contribution in [0.3, 0.4) is 0 Å². The summed E-state index contributed by atoms with van der Waals surface area (Å²) in [5.74, 6) is -0.142. The second-order valence-electron chi connectivity index (χ2n) is 5.44. The Bertz CT molecular complexity index is 495. The summed E-state index contributed by atoms with van der Waals surface area (Å²) in [7, 11) is 0. The number of benzene rings is 1. The van der Waals surface area contributed by atoms with Gasteiger partial charge in [0.15, 0.2) is 0 Å². The van der Waals surface area contributed by atoms with Crippen LogP contribution in [-0.2, 0) is 4.79 Å². The summed E-state index contributed by atoms with van der Waals surface area (Å²) in [6.45, 7) is 2.42. The highest BCUT2D eigenvalue weighted by atomic mass is 35.5. The molecule has 0 aliphatic heterocycles. The number of nitrogens with two attached hydrogens (primary N) is 1. The van der Waals surface area contributed by atoms with E-state index < -0.39 is 5.82 Å². The van der Waals surface area contributed by atoms with E-state index in [1.807, 2.05) is 6.92 Å². The number of nitrogens with one attached hydrogen (secondary N) is 1. The van der Waals surface area contributed by atoms with Crippen molar-refractivity contribution in [2.75, 3.05) is 6.54 Å². The van der Waals surface area contributed by atoms with E-state index in [1.165, 1.54) is 6.07 Å². The van der Waals surface area contributed by atoms with Crippen LogP contribution in [0.2, 0.25) is 5.02 Å². The van der Waals surface area contributed by atoms with E-state index in [9.17, 15) is 9.18 Å². The monoisotopic (exact) mass is 298 g/mol. The molecule has 1 saturated carbocycles. The van der Waals surface area contributed by atoms with Gasteiger partial charge < -0.3 is 11.1 Å². The van der Waals surface area contributed by atoms with Crippen LogP contribution in [0.5, 0.6) is 0 Å². The zero-order valence-electron chi connectivity index (χ0n) is 11.5. The Morgan fingerprint density at radius 1 is 1.55 bits per heavy atom. The van der Waals surface area contributed by atoms with Crippen LogP contribution in [0.25, 0.3) is 0 Å². The Labute approximate surface area is 123 Å². The van der Waals surface area contributed by atoms with Crippen LogP contribution >= 0.6 is 11.6 Å². The van der Waals surface area contributed by atoms with E-state index in [-0.39, 0.29) is 28.8 Å². The lowest BCUT2D eigenvalue weighted by Crippen LogP contribution is -2.36. The first-order valence-electron chi connectivity index (χ1n) is 6.98. The molecule has 5 heteroatoms. The highest BCUT2D eigenvalue weighted by molar-refractivity contribution is 6.30. The quantitative estimate of drug-likeness (QED) is 0.898. The van der Waals surface area contributed by atoms with Crippen molar-refractivity contribution < 1.29 is 9.18 Å².